The van der Waals surface area contributed by atoms with E-state index in [0.29, 0.717) is 32.7 Å². The van der Waals surface area contributed by atoms with Gasteiger partial charge in [0.15, 0.2) is 18.7 Å². The zero-order chi connectivity index (χ0) is 52.1. The molecular formula is C62H75NO13. The molecule has 5 fully saturated rings. The van der Waals surface area contributed by atoms with Crippen molar-refractivity contribution in [3.8, 4) is 0 Å². The van der Waals surface area contributed by atoms with Crippen LogP contribution in [-0.2, 0) is 85.2 Å². The molecule has 5 aromatic rings. The molecule has 15 atom stereocenters. The Bertz CT molecular complexity index is 2470. The van der Waals surface area contributed by atoms with Gasteiger partial charge in [0.1, 0.15) is 49.3 Å². The minimum absolute atomic E-state index is 0.0106. The van der Waals surface area contributed by atoms with E-state index in [4.69, 9.17) is 47.4 Å². The first-order valence-electron chi connectivity index (χ1n) is 27.5. The molecule has 0 aromatic heterocycles. The van der Waals surface area contributed by atoms with Gasteiger partial charge >= 0.3 is 5.97 Å². The fourth-order valence-corrected chi connectivity index (χ4v) is 11.6. The van der Waals surface area contributed by atoms with Crippen molar-refractivity contribution in [1.82, 2.24) is 5.32 Å². The molecule has 406 valence electrons. The van der Waals surface area contributed by atoms with Gasteiger partial charge in [0, 0.05) is 24.9 Å². The van der Waals surface area contributed by atoms with Crippen molar-refractivity contribution >= 4 is 5.97 Å². The molecule has 14 heteroatoms. The lowest BCUT2D eigenvalue weighted by atomic mass is 9.70. The molecule has 14 nitrogen and oxygen atoms in total. The lowest BCUT2D eigenvalue weighted by Crippen LogP contribution is -2.67. The largest absolute Gasteiger partial charge is 0.459 e. The number of aliphatic hydroxyl groups excluding tert-OH is 2. The molecule has 0 bridgehead atoms. The summed E-state index contributed by atoms with van der Waals surface area (Å²) in [5.41, 5.74) is 4.78. The van der Waals surface area contributed by atoms with Crippen LogP contribution in [0, 0.1) is 17.8 Å². The monoisotopic (exact) mass is 1040 g/mol. The summed E-state index contributed by atoms with van der Waals surface area (Å²) >= 11 is 0. The SMILES string of the molecule is CC1OC(OC2C3CNCC3C2OC2OC(COCc3ccccc3)C(O)C(OC(CC3CCCCC3)C(=O)OCc3ccccc3)C2O)C(OCc2ccccc2)C(OCc2ccccc2)C1OCc1ccccc1. The zero-order valence-corrected chi connectivity index (χ0v) is 43.5. The highest BCUT2D eigenvalue weighted by atomic mass is 16.8. The number of aliphatic hydroxyl groups is 2. The number of carbonyl (C=O) groups is 1. The van der Waals surface area contributed by atoms with Crippen LogP contribution in [-0.4, -0.2) is 116 Å². The van der Waals surface area contributed by atoms with Crippen molar-refractivity contribution in [3.63, 3.8) is 0 Å². The molecule has 15 unspecified atom stereocenters. The summed E-state index contributed by atoms with van der Waals surface area (Å²) < 4.78 is 66.8. The Hall–Kier alpha value is -4.91. The number of esters is 1. The Morgan fingerprint density at radius 2 is 1.01 bits per heavy atom. The second-order valence-electron chi connectivity index (χ2n) is 21.1. The van der Waals surface area contributed by atoms with E-state index >= 15 is 0 Å². The van der Waals surface area contributed by atoms with Crippen LogP contribution in [0.1, 0.15) is 73.3 Å². The van der Waals surface area contributed by atoms with Crippen LogP contribution in [0.25, 0.3) is 0 Å². The predicted molar refractivity (Wildman–Crippen MR) is 282 cm³/mol. The topological polar surface area (TPSA) is 162 Å². The average molecular weight is 1040 g/mol. The summed E-state index contributed by atoms with van der Waals surface area (Å²) in [4.78, 5) is 14.1. The molecule has 5 aliphatic rings. The van der Waals surface area contributed by atoms with Crippen molar-refractivity contribution in [3.05, 3.63) is 179 Å². The zero-order valence-electron chi connectivity index (χ0n) is 43.5. The highest BCUT2D eigenvalue weighted by molar-refractivity contribution is 5.74. The molecule has 2 saturated carbocycles. The quantitative estimate of drug-likeness (QED) is 0.0507. The number of fused-ring (bicyclic) bond motifs is 1. The molecular weight excluding hydrogens is 967 g/mol. The number of ether oxygens (including phenoxy) is 10. The van der Waals surface area contributed by atoms with Crippen LogP contribution in [0.2, 0.25) is 0 Å². The first-order valence-corrected chi connectivity index (χ1v) is 27.5. The maximum atomic E-state index is 14.1. The van der Waals surface area contributed by atoms with Crippen molar-refractivity contribution < 1.29 is 62.4 Å². The van der Waals surface area contributed by atoms with E-state index in [1.54, 1.807) is 0 Å². The van der Waals surface area contributed by atoms with E-state index < -0.39 is 85.7 Å². The van der Waals surface area contributed by atoms with E-state index in [2.05, 4.69) is 5.32 Å². The number of rotatable bonds is 24. The van der Waals surface area contributed by atoms with Gasteiger partial charge in [0.2, 0.25) is 0 Å². The highest BCUT2D eigenvalue weighted by Gasteiger charge is 2.60. The van der Waals surface area contributed by atoms with Crippen molar-refractivity contribution in [1.29, 1.82) is 0 Å². The maximum Gasteiger partial charge on any atom is 0.335 e. The van der Waals surface area contributed by atoms with Gasteiger partial charge in [-0.3, -0.25) is 0 Å². The third-order valence-electron chi connectivity index (χ3n) is 15.8. The van der Waals surface area contributed by atoms with Crippen LogP contribution < -0.4 is 5.32 Å². The smallest absolute Gasteiger partial charge is 0.335 e. The van der Waals surface area contributed by atoms with Gasteiger partial charge in [-0.15, -0.1) is 0 Å². The van der Waals surface area contributed by atoms with Crippen LogP contribution in [0.3, 0.4) is 0 Å². The fraction of sp³-hybridized carbons (Fsp3) is 0.500. The fourth-order valence-electron chi connectivity index (χ4n) is 11.6. The Kier molecular flexibility index (Phi) is 19.4. The molecule has 5 aromatic carbocycles. The van der Waals surface area contributed by atoms with E-state index in [1.807, 2.05) is 159 Å². The molecule has 0 amide bonds. The highest BCUT2D eigenvalue weighted by Crippen LogP contribution is 2.46. The van der Waals surface area contributed by atoms with Crippen LogP contribution in [0.15, 0.2) is 152 Å². The van der Waals surface area contributed by atoms with Gasteiger partial charge in [0.25, 0.3) is 0 Å². The average Bonchev–Trinajstić information content (AvgIpc) is 3.90. The number of benzene rings is 5. The van der Waals surface area contributed by atoms with E-state index in [9.17, 15) is 15.0 Å². The first-order chi connectivity index (χ1) is 37.3. The molecule has 76 heavy (non-hydrogen) atoms. The van der Waals surface area contributed by atoms with E-state index in [-0.39, 0.29) is 44.2 Å². The third kappa shape index (κ3) is 14.0. The van der Waals surface area contributed by atoms with Gasteiger partial charge in [-0.25, -0.2) is 4.79 Å². The normalized spacial score (nSPS) is 31.0. The van der Waals surface area contributed by atoms with Gasteiger partial charge in [0.05, 0.1) is 51.3 Å². The predicted octanol–water partition coefficient (Wildman–Crippen LogP) is 8.24. The summed E-state index contributed by atoms with van der Waals surface area (Å²) in [7, 11) is 0. The number of hydrogen-bond acceptors (Lipinski definition) is 14. The molecule has 3 aliphatic heterocycles. The van der Waals surface area contributed by atoms with Crippen molar-refractivity contribution in [2.45, 2.75) is 158 Å². The minimum atomic E-state index is -1.52. The molecule has 3 N–H and O–H groups in total. The summed E-state index contributed by atoms with van der Waals surface area (Å²) in [5.74, 6) is -0.319. The lowest BCUT2D eigenvalue weighted by Gasteiger charge is -2.53. The molecule has 0 radical (unpaired) electrons. The maximum absolute atomic E-state index is 14.1. The van der Waals surface area contributed by atoms with E-state index in [0.717, 1.165) is 59.9 Å². The van der Waals surface area contributed by atoms with Gasteiger partial charge < -0.3 is 62.9 Å². The Morgan fingerprint density at radius 1 is 0.539 bits per heavy atom. The summed E-state index contributed by atoms with van der Waals surface area (Å²) in [6.07, 6.45) is -6.48. The Balaban J connectivity index is 0.907. The third-order valence-corrected chi connectivity index (χ3v) is 15.8. The Labute approximate surface area is 447 Å². The molecule has 2 aliphatic carbocycles. The standard InChI is InChI=1S/C62H75NO13/c1-41-54(68-36-44-24-12-4-13-25-44)58(69-37-45-26-14-5-15-27-45)59(70-38-46-28-16-6-17-29-46)62(72-41)76-56-49-34-63-33-48(49)55(56)75-61-53(65)57(52(64)51(74-61)40-67-35-43-22-10-3-11-23-43)73-50(32-42-20-8-2-9-21-42)60(66)71-39-47-30-18-7-19-31-47/h3-7,10-19,22-31,41-42,48-59,61-65H,2,8-9,20-21,32-40H2,1H3. The second-order valence-corrected chi connectivity index (χ2v) is 21.1. The minimum Gasteiger partial charge on any atom is -0.459 e. The summed E-state index contributed by atoms with van der Waals surface area (Å²) in [6.45, 7) is 4.49. The van der Waals surface area contributed by atoms with Gasteiger partial charge in [-0.05, 0) is 47.1 Å². The lowest BCUT2D eigenvalue weighted by molar-refractivity contribution is -0.375. The van der Waals surface area contributed by atoms with Crippen molar-refractivity contribution in [2.24, 2.45) is 17.8 Å². The van der Waals surface area contributed by atoms with Crippen molar-refractivity contribution in [2.75, 3.05) is 19.7 Å². The van der Waals surface area contributed by atoms with Crippen LogP contribution in [0.4, 0.5) is 0 Å². The first kappa shape index (κ1) is 54.4. The van der Waals surface area contributed by atoms with E-state index in [1.165, 1.54) is 0 Å². The van der Waals surface area contributed by atoms with Crippen LogP contribution >= 0.6 is 0 Å². The number of carbonyl (C=O) groups excluding carboxylic acids is 1. The molecule has 0 spiro atoms. The Morgan fingerprint density at radius 3 is 1.55 bits per heavy atom. The van der Waals surface area contributed by atoms with Gasteiger partial charge in [-0.2, -0.15) is 0 Å². The summed E-state index contributed by atoms with van der Waals surface area (Å²) in [5, 5.41) is 28.1. The molecule has 3 saturated heterocycles. The second kappa shape index (κ2) is 27.1. The number of hydrogen-bond donors (Lipinski definition) is 3. The summed E-state index contributed by atoms with van der Waals surface area (Å²) in [6, 6.07) is 49.3. The van der Waals surface area contributed by atoms with Crippen LogP contribution in [0.5, 0.6) is 0 Å². The van der Waals surface area contributed by atoms with Gasteiger partial charge in [-0.1, -0.05) is 184 Å². The molecule has 10 rings (SSSR count). The number of nitrogens with one attached hydrogen (secondary N) is 1. The molecule has 3 heterocycles.